The molecular weight excluding hydrogens is 446 g/mol. The number of para-hydroxylation sites is 1. The Morgan fingerprint density at radius 3 is 2.27 bits per heavy atom. The molecule has 0 saturated carbocycles. The van der Waals surface area contributed by atoms with Crippen LogP contribution < -0.4 is 4.31 Å². The molecule has 170 valence electrons. The minimum atomic E-state index is -4.14. The predicted molar refractivity (Wildman–Crippen MR) is 123 cm³/mol. The average molecular weight is 469 g/mol. The number of anilines is 1. The van der Waals surface area contributed by atoms with Gasteiger partial charge in [0.1, 0.15) is 23.7 Å². The standard InChI is InChI=1S/C25H22F2N2O3S/c1-14-7-9-19(10-8-14)33(31,32)29-24-23(20-5-3-4-6-21(20)28-24)22(15(2)25(29)30)16-11-17(26)13-18(27)12-16/h3-13,15,22,25,28,30H,1-2H3/t15-,22+,25-/m1/s1. The molecular formula is C25H22F2N2O3S. The van der Waals surface area contributed by atoms with Crippen LogP contribution in [0.3, 0.4) is 0 Å². The minimum Gasteiger partial charge on any atom is -0.372 e. The van der Waals surface area contributed by atoms with Gasteiger partial charge in [-0.3, -0.25) is 0 Å². The number of aliphatic hydroxyl groups excluding tert-OH is 1. The number of H-pyrrole nitrogens is 1. The summed E-state index contributed by atoms with van der Waals surface area (Å²) in [5, 5.41) is 12.0. The average Bonchev–Trinajstić information content (AvgIpc) is 3.12. The lowest BCUT2D eigenvalue weighted by Crippen LogP contribution is -2.49. The van der Waals surface area contributed by atoms with Crippen LogP contribution in [-0.4, -0.2) is 24.7 Å². The Morgan fingerprint density at radius 1 is 0.970 bits per heavy atom. The molecule has 0 spiro atoms. The molecule has 3 atom stereocenters. The van der Waals surface area contributed by atoms with E-state index >= 15 is 0 Å². The van der Waals surface area contributed by atoms with Crippen LogP contribution >= 0.6 is 0 Å². The van der Waals surface area contributed by atoms with Gasteiger partial charge >= 0.3 is 0 Å². The molecule has 5 rings (SSSR count). The normalized spacial score (nSPS) is 20.8. The molecule has 1 aromatic heterocycles. The quantitative estimate of drug-likeness (QED) is 0.442. The van der Waals surface area contributed by atoms with E-state index in [0.29, 0.717) is 16.6 Å². The third-order valence-electron chi connectivity index (χ3n) is 6.31. The van der Waals surface area contributed by atoms with E-state index in [2.05, 4.69) is 4.98 Å². The molecule has 4 aromatic rings. The number of hydrogen-bond donors (Lipinski definition) is 2. The molecule has 2 N–H and O–H groups in total. The third kappa shape index (κ3) is 3.41. The van der Waals surface area contributed by atoms with Crippen LogP contribution in [0.4, 0.5) is 14.6 Å². The van der Waals surface area contributed by atoms with Crippen molar-refractivity contribution in [3.05, 3.63) is 95.1 Å². The van der Waals surface area contributed by atoms with E-state index in [4.69, 9.17) is 0 Å². The number of rotatable bonds is 3. The Kier molecular flexibility index (Phi) is 5.02. The number of halogens is 2. The molecule has 0 saturated heterocycles. The fraction of sp³-hybridized carbons (Fsp3) is 0.200. The molecule has 0 bridgehead atoms. The van der Waals surface area contributed by atoms with Crippen molar-refractivity contribution in [1.29, 1.82) is 0 Å². The van der Waals surface area contributed by atoms with Gasteiger partial charge in [0.15, 0.2) is 0 Å². The summed E-state index contributed by atoms with van der Waals surface area (Å²) < 4.78 is 56.6. The zero-order chi connectivity index (χ0) is 23.5. The van der Waals surface area contributed by atoms with Crippen molar-refractivity contribution in [2.24, 2.45) is 5.92 Å². The van der Waals surface area contributed by atoms with Gasteiger partial charge in [-0.1, -0.05) is 42.8 Å². The van der Waals surface area contributed by atoms with Crippen LogP contribution in [0.15, 0.2) is 71.6 Å². The van der Waals surface area contributed by atoms with Gasteiger partial charge in [0, 0.05) is 34.4 Å². The maximum atomic E-state index is 14.1. The highest BCUT2D eigenvalue weighted by Gasteiger charge is 2.46. The molecule has 8 heteroatoms. The molecule has 0 radical (unpaired) electrons. The summed E-state index contributed by atoms with van der Waals surface area (Å²) >= 11 is 0. The number of fused-ring (bicyclic) bond motifs is 3. The Bertz CT molecular complexity index is 1440. The third-order valence-corrected chi connectivity index (χ3v) is 8.10. The number of aromatic nitrogens is 1. The predicted octanol–water partition coefficient (Wildman–Crippen LogP) is 5.05. The summed E-state index contributed by atoms with van der Waals surface area (Å²) in [5.74, 6) is -2.61. The number of aryl methyl sites for hydroxylation is 1. The molecule has 33 heavy (non-hydrogen) atoms. The Hall–Kier alpha value is -3.23. The van der Waals surface area contributed by atoms with Crippen molar-refractivity contribution in [3.8, 4) is 0 Å². The van der Waals surface area contributed by atoms with Crippen molar-refractivity contribution >= 4 is 26.7 Å². The highest BCUT2D eigenvalue weighted by Crippen LogP contribution is 2.49. The van der Waals surface area contributed by atoms with Gasteiger partial charge in [0.25, 0.3) is 10.0 Å². The van der Waals surface area contributed by atoms with E-state index in [1.807, 2.05) is 19.1 Å². The Balaban J connectivity index is 1.78. The van der Waals surface area contributed by atoms with Crippen LogP contribution in [-0.2, 0) is 10.0 Å². The molecule has 0 amide bonds. The van der Waals surface area contributed by atoms with Crippen LogP contribution in [0.5, 0.6) is 0 Å². The molecule has 0 fully saturated rings. The summed E-state index contributed by atoms with van der Waals surface area (Å²) in [6, 6.07) is 16.9. The number of nitrogens with zero attached hydrogens (tertiary/aromatic N) is 1. The summed E-state index contributed by atoms with van der Waals surface area (Å²) in [4.78, 5) is 3.17. The molecule has 5 nitrogen and oxygen atoms in total. The highest BCUT2D eigenvalue weighted by molar-refractivity contribution is 7.92. The second kappa shape index (κ2) is 7.67. The van der Waals surface area contributed by atoms with E-state index in [-0.39, 0.29) is 10.7 Å². The van der Waals surface area contributed by atoms with Crippen LogP contribution in [0.1, 0.15) is 29.5 Å². The lowest BCUT2D eigenvalue weighted by molar-refractivity contribution is 0.112. The van der Waals surface area contributed by atoms with E-state index in [1.54, 1.807) is 31.2 Å². The number of hydrogen-bond acceptors (Lipinski definition) is 3. The highest BCUT2D eigenvalue weighted by atomic mass is 32.2. The van der Waals surface area contributed by atoms with E-state index in [9.17, 15) is 22.3 Å². The van der Waals surface area contributed by atoms with Gasteiger partial charge in [-0.2, -0.15) is 0 Å². The number of nitrogens with one attached hydrogen (secondary N) is 1. The SMILES string of the molecule is Cc1ccc(S(=O)(=O)N2c3[nH]c4ccccc4c3[C@H](c3cc(F)cc(F)c3)[C@@H](C)[C@H]2O)cc1. The number of aromatic amines is 1. The summed E-state index contributed by atoms with van der Waals surface area (Å²) in [5.41, 5.74) is 2.47. The van der Waals surface area contributed by atoms with Crippen molar-refractivity contribution < 1.29 is 22.3 Å². The van der Waals surface area contributed by atoms with Crippen LogP contribution in [0, 0.1) is 24.5 Å². The van der Waals surface area contributed by atoms with Gasteiger partial charge in [-0.15, -0.1) is 0 Å². The van der Waals surface area contributed by atoms with Crippen LogP contribution in [0.25, 0.3) is 10.9 Å². The topological polar surface area (TPSA) is 73.4 Å². The lowest BCUT2D eigenvalue weighted by Gasteiger charge is -2.41. The van der Waals surface area contributed by atoms with Crippen LogP contribution in [0.2, 0.25) is 0 Å². The second-order valence-corrected chi connectivity index (χ2v) is 10.3. The fourth-order valence-electron chi connectivity index (χ4n) is 4.73. The zero-order valence-corrected chi connectivity index (χ0v) is 18.8. The fourth-order valence-corrected chi connectivity index (χ4v) is 6.30. The monoisotopic (exact) mass is 468 g/mol. The van der Waals surface area contributed by atoms with Gasteiger partial charge in [-0.05, 0) is 42.8 Å². The maximum Gasteiger partial charge on any atom is 0.267 e. The minimum absolute atomic E-state index is 0.0409. The summed E-state index contributed by atoms with van der Waals surface area (Å²) in [6.45, 7) is 3.53. The first-order valence-electron chi connectivity index (χ1n) is 10.5. The van der Waals surface area contributed by atoms with E-state index in [0.717, 1.165) is 21.3 Å². The van der Waals surface area contributed by atoms with Gasteiger partial charge < -0.3 is 10.1 Å². The molecule has 2 heterocycles. The molecule has 1 aliphatic heterocycles. The maximum absolute atomic E-state index is 14.1. The summed E-state index contributed by atoms with van der Waals surface area (Å²) in [6.07, 6.45) is -1.46. The van der Waals surface area contributed by atoms with Crippen molar-refractivity contribution in [2.75, 3.05) is 4.31 Å². The first kappa shape index (κ1) is 21.6. The largest absolute Gasteiger partial charge is 0.372 e. The lowest BCUT2D eigenvalue weighted by atomic mass is 9.78. The van der Waals surface area contributed by atoms with Gasteiger partial charge in [0.2, 0.25) is 0 Å². The first-order chi connectivity index (χ1) is 15.7. The van der Waals surface area contributed by atoms with Crippen molar-refractivity contribution in [3.63, 3.8) is 0 Å². The number of aliphatic hydroxyl groups is 1. The van der Waals surface area contributed by atoms with E-state index < -0.39 is 39.7 Å². The second-order valence-electron chi connectivity index (χ2n) is 8.50. The molecule has 0 aliphatic carbocycles. The number of benzene rings is 3. The van der Waals surface area contributed by atoms with Crippen molar-refractivity contribution in [2.45, 2.75) is 30.9 Å². The molecule has 3 aromatic carbocycles. The first-order valence-corrected chi connectivity index (χ1v) is 12.0. The van der Waals surface area contributed by atoms with Gasteiger partial charge in [0.05, 0.1) is 4.90 Å². The van der Waals surface area contributed by atoms with Crippen molar-refractivity contribution in [1.82, 2.24) is 4.98 Å². The summed E-state index contributed by atoms with van der Waals surface area (Å²) in [7, 11) is -4.14. The van der Waals surface area contributed by atoms with E-state index in [1.165, 1.54) is 24.3 Å². The Morgan fingerprint density at radius 2 is 1.61 bits per heavy atom. The van der Waals surface area contributed by atoms with Gasteiger partial charge in [-0.25, -0.2) is 21.5 Å². The zero-order valence-electron chi connectivity index (χ0n) is 18.0. The smallest absolute Gasteiger partial charge is 0.267 e. The Labute approximate surface area is 190 Å². The molecule has 0 unspecified atom stereocenters. The molecule has 1 aliphatic rings. The number of sulfonamides is 1.